The Balaban J connectivity index is 1.99. The Kier molecular flexibility index (Phi) is 1.90. The minimum absolute atomic E-state index is 0.848. The molecule has 2 N–H and O–H groups in total. The van der Waals surface area contributed by atoms with Gasteiger partial charge >= 0.3 is 6.20 Å². The van der Waals surface area contributed by atoms with Crippen LogP contribution >= 0.6 is 0 Å². The lowest BCUT2D eigenvalue weighted by Crippen LogP contribution is -2.34. The molecule has 1 aliphatic rings. The molecule has 0 amide bonds. The summed E-state index contributed by atoms with van der Waals surface area (Å²) in [5, 5.41) is 1.93. The standard InChI is InChI=1S/C9H10N3/c1-2-4-9(5-3-1)8-12-7-6-10-11-12/h1-5,7,10-11H,8H2/q+1. The van der Waals surface area contributed by atoms with Gasteiger partial charge in [-0.15, -0.1) is 5.53 Å². The Morgan fingerprint density at radius 1 is 1.25 bits per heavy atom. The maximum atomic E-state index is 2.92. The Labute approximate surface area is 71.6 Å². The molecule has 0 saturated heterocycles. The number of nitrogens with zero attached hydrogens (tertiary/aromatic N) is 1. The molecule has 0 bridgehead atoms. The maximum absolute atomic E-state index is 2.92. The van der Waals surface area contributed by atoms with Gasteiger partial charge in [-0.1, -0.05) is 35.8 Å². The van der Waals surface area contributed by atoms with Crippen LogP contribution in [0.1, 0.15) is 5.56 Å². The molecule has 1 aromatic rings. The minimum Gasteiger partial charge on any atom is -0.242 e. The highest BCUT2D eigenvalue weighted by Crippen LogP contribution is 2.02. The second-order valence-corrected chi connectivity index (χ2v) is 2.62. The smallest absolute Gasteiger partial charge is 0.242 e. The largest absolute Gasteiger partial charge is 0.406 e. The average molecular weight is 160 g/mol. The summed E-state index contributed by atoms with van der Waals surface area (Å²) in [4.78, 5) is 0. The first kappa shape index (κ1) is 7.10. The van der Waals surface area contributed by atoms with Crippen LogP contribution in [0.2, 0.25) is 0 Å². The molecule has 12 heavy (non-hydrogen) atoms. The summed E-state index contributed by atoms with van der Waals surface area (Å²) in [6, 6.07) is 10.3. The highest BCUT2D eigenvalue weighted by molar-refractivity contribution is 5.14. The lowest BCUT2D eigenvalue weighted by molar-refractivity contribution is 0.263. The van der Waals surface area contributed by atoms with E-state index >= 15 is 0 Å². The van der Waals surface area contributed by atoms with Crippen molar-refractivity contribution in [3.8, 4) is 0 Å². The monoisotopic (exact) mass is 160 g/mol. The summed E-state index contributed by atoms with van der Waals surface area (Å²) in [7, 11) is 0. The van der Waals surface area contributed by atoms with Gasteiger partial charge in [-0.2, -0.15) is 0 Å². The van der Waals surface area contributed by atoms with Gasteiger partial charge in [0.15, 0.2) is 0 Å². The molecule has 2 rings (SSSR count). The maximum Gasteiger partial charge on any atom is 0.406 e. The van der Waals surface area contributed by atoms with Gasteiger partial charge < -0.3 is 0 Å². The summed E-state index contributed by atoms with van der Waals surface area (Å²) in [6.07, 6.45) is 4.67. The van der Waals surface area contributed by atoms with Gasteiger partial charge in [0.1, 0.15) is 0 Å². The fourth-order valence-corrected chi connectivity index (χ4v) is 1.11. The van der Waals surface area contributed by atoms with Crippen LogP contribution in [0.15, 0.2) is 36.5 Å². The van der Waals surface area contributed by atoms with Crippen LogP contribution in [-0.2, 0) is 6.54 Å². The number of hydrogen-bond acceptors (Lipinski definition) is 3. The zero-order valence-electron chi connectivity index (χ0n) is 6.62. The van der Waals surface area contributed by atoms with Gasteiger partial charge in [0.2, 0.25) is 0 Å². The molecule has 0 saturated carbocycles. The molecular weight excluding hydrogens is 150 g/mol. The summed E-state index contributed by atoms with van der Waals surface area (Å²) in [6.45, 7) is 0.848. The van der Waals surface area contributed by atoms with Crippen LogP contribution in [0.25, 0.3) is 0 Å². The van der Waals surface area contributed by atoms with Gasteiger partial charge in [-0.3, -0.25) is 0 Å². The molecule has 60 valence electrons. The van der Waals surface area contributed by atoms with Crippen molar-refractivity contribution in [2.45, 2.75) is 6.54 Å². The summed E-state index contributed by atoms with van der Waals surface area (Å²) in [5.41, 5.74) is 6.95. The zero-order chi connectivity index (χ0) is 8.23. The topological polar surface area (TPSA) is 27.3 Å². The summed E-state index contributed by atoms with van der Waals surface area (Å²) in [5.74, 6) is 0. The van der Waals surface area contributed by atoms with Crippen LogP contribution in [0.3, 0.4) is 0 Å². The minimum atomic E-state index is 0.848. The van der Waals surface area contributed by atoms with Gasteiger partial charge in [-0.05, 0) is 5.56 Å². The van der Waals surface area contributed by atoms with Crippen molar-refractivity contribution < 1.29 is 0 Å². The summed E-state index contributed by atoms with van der Waals surface area (Å²) >= 11 is 0. The van der Waals surface area contributed by atoms with Crippen molar-refractivity contribution in [1.29, 1.82) is 0 Å². The number of hydrogen-bond donors (Lipinski definition) is 2. The molecule has 0 aliphatic carbocycles. The molecule has 0 aromatic heterocycles. The number of rotatable bonds is 2. The van der Waals surface area contributed by atoms with Crippen LogP contribution in [0, 0.1) is 6.20 Å². The van der Waals surface area contributed by atoms with Crippen LogP contribution in [0.4, 0.5) is 0 Å². The van der Waals surface area contributed by atoms with Crippen molar-refractivity contribution in [1.82, 2.24) is 16.0 Å². The number of benzene rings is 1. The van der Waals surface area contributed by atoms with E-state index in [0.717, 1.165) is 6.54 Å². The molecule has 1 aliphatic heterocycles. The van der Waals surface area contributed by atoms with E-state index in [1.807, 2.05) is 29.4 Å². The van der Waals surface area contributed by atoms with E-state index in [9.17, 15) is 0 Å². The van der Waals surface area contributed by atoms with E-state index in [-0.39, 0.29) is 0 Å². The van der Waals surface area contributed by atoms with E-state index in [4.69, 9.17) is 0 Å². The highest BCUT2D eigenvalue weighted by atomic mass is 15.7. The molecule has 1 aromatic carbocycles. The molecular formula is C9H10N3+. The third-order valence-electron chi connectivity index (χ3n) is 1.69. The lowest BCUT2D eigenvalue weighted by Gasteiger charge is -2.09. The zero-order valence-corrected chi connectivity index (χ0v) is 6.62. The SMILES string of the molecule is [C+]1=CN(Cc2ccccc2)NN1. The van der Waals surface area contributed by atoms with E-state index in [2.05, 4.69) is 29.3 Å². The number of nitrogens with one attached hydrogen (secondary N) is 2. The van der Waals surface area contributed by atoms with E-state index < -0.39 is 0 Å². The first-order valence-electron chi connectivity index (χ1n) is 3.85. The average Bonchev–Trinajstić information content (AvgIpc) is 2.59. The molecule has 0 atom stereocenters. The van der Waals surface area contributed by atoms with Crippen LogP contribution in [-0.4, -0.2) is 5.01 Å². The third kappa shape index (κ3) is 1.53. The highest BCUT2D eigenvalue weighted by Gasteiger charge is 2.12. The Hall–Kier alpha value is -1.57. The van der Waals surface area contributed by atoms with Gasteiger partial charge in [0.25, 0.3) is 6.20 Å². The Bertz CT molecular complexity index is 268. The van der Waals surface area contributed by atoms with Gasteiger partial charge in [0, 0.05) is 0 Å². The first-order chi connectivity index (χ1) is 5.95. The lowest BCUT2D eigenvalue weighted by atomic mass is 10.2. The first-order valence-corrected chi connectivity index (χ1v) is 3.85. The quantitative estimate of drug-likeness (QED) is 0.626. The fraction of sp³-hybridized carbons (Fsp3) is 0.111. The summed E-state index contributed by atoms with van der Waals surface area (Å²) < 4.78 is 0. The van der Waals surface area contributed by atoms with Gasteiger partial charge in [-0.25, -0.2) is 5.01 Å². The predicted molar refractivity (Wildman–Crippen MR) is 46.1 cm³/mol. The third-order valence-corrected chi connectivity index (χ3v) is 1.69. The van der Waals surface area contributed by atoms with Gasteiger partial charge in [0.05, 0.1) is 6.54 Å². The molecule has 0 spiro atoms. The van der Waals surface area contributed by atoms with E-state index in [0.29, 0.717) is 0 Å². The molecule has 0 unspecified atom stereocenters. The van der Waals surface area contributed by atoms with Crippen molar-refractivity contribution in [3.63, 3.8) is 0 Å². The van der Waals surface area contributed by atoms with Crippen LogP contribution < -0.4 is 11.0 Å². The second-order valence-electron chi connectivity index (χ2n) is 2.62. The molecule has 0 radical (unpaired) electrons. The van der Waals surface area contributed by atoms with Crippen molar-refractivity contribution >= 4 is 0 Å². The Morgan fingerprint density at radius 3 is 2.75 bits per heavy atom. The van der Waals surface area contributed by atoms with E-state index in [1.54, 1.807) is 0 Å². The van der Waals surface area contributed by atoms with Crippen molar-refractivity contribution in [3.05, 3.63) is 48.3 Å². The van der Waals surface area contributed by atoms with Crippen LogP contribution in [0.5, 0.6) is 0 Å². The molecule has 3 nitrogen and oxygen atoms in total. The second kappa shape index (κ2) is 3.22. The van der Waals surface area contributed by atoms with Crippen molar-refractivity contribution in [2.75, 3.05) is 0 Å². The fourth-order valence-electron chi connectivity index (χ4n) is 1.11. The van der Waals surface area contributed by atoms with Crippen molar-refractivity contribution in [2.24, 2.45) is 0 Å². The van der Waals surface area contributed by atoms with E-state index in [1.165, 1.54) is 5.56 Å². The Morgan fingerprint density at radius 2 is 2.08 bits per heavy atom. The number of hydrazine groups is 2. The molecule has 1 heterocycles. The molecule has 0 fully saturated rings. The normalized spacial score (nSPS) is 14.2. The molecule has 3 heteroatoms. The predicted octanol–water partition coefficient (Wildman–Crippen LogP) is 0.786.